The largest absolute Gasteiger partial charge is 0.341 e. The van der Waals surface area contributed by atoms with E-state index in [-0.39, 0.29) is 0 Å². The van der Waals surface area contributed by atoms with Crippen LogP contribution < -0.4 is 10.6 Å². The lowest BCUT2D eigenvalue weighted by Crippen LogP contribution is -2.09. The van der Waals surface area contributed by atoms with E-state index in [0.717, 1.165) is 24.1 Å². The van der Waals surface area contributed by atoms with Crippen molar-refractivity contribution in [3.63, 3.8) is 0 Å². The first kappa shape index (κ1) is 16.6. The van der Waals surface area contributed by atoms with Gasteiger partial charge in [-0.15, -0.1) is 0 Å². The number of hydrogen-bond donors (Lipinski definition) is 2. The Balaban J connectivity index is 1.89. The van der Waals surface area contributed by atoms with E-state index in [1.807, 2.05) is 25.2 Å². The van der Waals surface area contributed by atoms with E-state index in [0.29, 0.717) is 28.6 Å². The van der Waals surface area contributed by atoms with Crippen molar-refractivity contribution in [1.82, 2.24) is 20.3 Å². The summed E-state index contributed by atoms with van der Waals surface area (Å²) >= 11 is 0. The van der Waals surface area contributed by atoms with Crippen LogP contribution in [0.15, 0.2) is 64.6 Å². The fraction of sp³-hybridized carbons (Fsp3) is 0.222. The Morgan fingerprint density at radius 1 is 1.08 bits per heavy atom. The molecule has 1 aliphatic rings. The zero-order valence-corrected chi connectivity index (χ0v) is 14.3. The summed E-state index contributed by atoms with van der Waals surface area (Å²) in [6, 6.07) is 0. The highest BCUT2D eigenvalue weighted by atomic mass is 16.6. The van der Waals surface area contributed by atoms with Gasteiger partial charge in [0, 0.05) is 11.4 Å². The summed E-state index contributed by atoms with van der Waals surface area (Å²) in [5.74, 6) is 1.05. The Morgan fingerprint density at radius 3 is 2.44 bits per heavy atom. The van der Waals surface area contributed by atoms with Crippen molar-refractivity contribution in [3.05, 3.63) is 60.0 Å². The second-order valence-corrected chi connectivity index (χ2v) is 5.99. The van der Waals surface area contributed by atoms with Crippen molar-refractivity contribution in [3.8, 4) is 0 Å². The van der Waals surface area contributed by atoms with E-state index in [2.05, 4.69) is 57.1 Å². The Kier molecular flexibility index (Phi) is 4.74. The van der Waals surface area contributed by atoms with Gasteiger partial charge in [-0.3, -0.25) is 0 Å². The molecule has 3 rings (SSSR count). The SMILES string of the molecule is C=C(C)/C=C\C(=C)Nc1nc2nonc2nc1NC1=CC=C(C)CC1. The molecule has 0 unspecified atom stereocenters. The molecule has 0 saturated carbocycles. The van der Waals surface area contributed by atoms with E-state index in [4.69, 9.17) is 4.63 Å². The van der Waals surface area contributed by atoms with E-state index >= 15 is 0 Å². The summed E-state index contributed by atoms with van der Waals surface area (Å²) in [5, 5.41) is 13.9. The molecule has 0 saturated heterocycles. The van der Waals surface area contributed by atoms with E-state index in [9.17, 15) is 0 Å². The maximum absolute atomic E-state index is 4.71. The molecular formula is C18H20N6O. The Labute approximate surface area is 145 Å². The van der Waals surface area contributed by atoms with Gasteiger partial charge in [0.2, 0.25) is 11.3 Å². The Morgan fingerprint density at radius 2 is 1.80 bits per heavy atom. The smallest absolute Gasteiger partial charge is 0.245 e. The molecule has 0 atom stereocenters. The molecule has 2 aromatic heterocycles. The van der Waals surface area contributed by atoms with Gasteiger partial charge < -0.3 is 10.6 Å². The van der Waals surface area contributed by atoms with Crippen LogP contribution in [0.3, 0.4) is 0 Å². The lowest BCUT2D eigenvalue weighted by Gasteiger charge is -2.16. The summed E-state index contributed by atoms with van der Waals surface area (Å²) < 4.78 is 4.71. The second-order valence-electron chi connectivity index (χ2n) is 5.99. The van der Waals surface area contributed by atoms with Gasteiger partial charge >= 0.3 is 0 Å². The minimum Gasteiger partial charge on any atom is -0.341 e. The number of nitrogens with one attached hydrogen (secondary N) is 2. The lowest BCUT2D eigenvalue weighted by atomic mass is 10.0. The molecule has 0 aliphatic heterocycles. The number of anilines is 2. The van der Waals surface area contributed by atoms with Crippen LogP contribution in [0.1, 0.15) is 26.7 Å². The van der Waals surface area contributed by atoms with Gasteiger partial charge in [-0.05, 0) is 49.2 Å². The predicted octanol–water partition coefficient (Wildman–Crippen LogP) is 4.11. The van der Waals surface area contributed by atoms with Crippen LogP contribution in [0.2, 0.25) is 0 Å². The van der Waals surface area contributed by atoms with E-state index < -0.39 is 0 Å². The predicted molar refractivity (Wildman–Crippen MR) is 98.8 cm³/mol. The first-order valence-corrected chi connectivity index (χ1v) is 7.94. The molecule has 0 spiro atoms. The molecule has 0 fully saturated rings. The van der Waals surface area contributed by atoms with Gasteiger partial charge in [0.15, 0.2) is 11.6 Å². The van der Waals surface area contributed by atoms with Gasteiger partial charge in [0.1, 0.15) is 0 Å². The number of rotatable bonds is 6. The van der Waals surface area contributed by atoms with Crippen molar-refractivity contribution in [2.45, 2.75) is 26.7 Å². The highest BCUT2D eigenvalue weighted by Crippen LogP contribution is 2.25. The van der Waals surface area contributed by atoms with Crippen molar-refractivity contribution in [2.75, 3.05) is 10.6 Å². The van der Waals surface area contributed by atoms with Crippen LogP contribution in [-0.4, -0.2) is 20.3 Å². The molecule has 0 bridgehead atoms. The van der Waals surface area contributed by atoms with Gasteiger partial charge in [0.25, 0.3) is 0 Å². The van der Waals surface area contributed by atoms with Crippen molar-refractivity contribution < 1.29 is 4.63 Å². The fourth-order valence-electron chi connectivity index (χ4n) is 2.25. The zero-order valence-electron chi connectivity index (χ0n) is 14.3. The lowest BCUT2D eigenvalue weighted by molar-refractivity contribution is 0.314. The first-order chi connectivity index (χ1) is 12.0. The third kappa shape index (κ3) is 4.20. The molecule has 0 radical (unpaired) electrons. The highest BCUT2D eigenvalue weighted by Gasteiger charge is 2.14. The summed E-state index contributed by atoms with van der Waals surface area (Å²) in [5.41, 5.74) is 4.67. The van der Waals surface area contributed by atoms with Crippen LogP contribution in [0, 0.1) is 0 Å². The number of allylic oxidation sites excluding steroid dienone is 7. The number of fused-ring (bicyclic) bond motifs is 1. The maximum atomic E-state index is 4.71. The highest BCUT2D eigenvalue weighted by molar-refractivity contribution is 5.75. The molecule has 7 nitrogen and oxygen atoms in total. The number of nitrogens with zero attached hydrogens (tertiary/aromatic N) is 4. The number of hydrogen-bond acceptors (Lipinski definition) is 7. The minimum absolute atomic E-state index is 0.332. The van der Waals surface area contributed by atoms with Crippen LogP contribution in [-0.2, 0) is 0 Å². The van der Waals surface area contributed by atoms with Crippen LogP contribution in [0.4, 0.5) is 11.6 Å². The zero-order chi connectivity index (χ0) is 17.8. The summed E-state index contributed by atoms with van der Waals surface area (Å²) in [6.07, 6.45) is 9.75. The van der Waals surface area contributed by atoms with Crippen molar-refractivity contribution in [2.24, 2.45) is 0 Å². The average molecular weight is 336 g/mol. The molecular weight excluding hydrogens is 316 g/mol. The van der Waals surface area contributed by atoms with Gasteiger partial charge in [-0.2, -0.15) is 0 Å². The molecule has 2 heterocycles. The van der Waals surface area contributed by atoms with E-state index in [1.165, 1.54) is 5.57 Å². The minimum atomic E-state index is 0.332. The quantitative estimate of drug-likeness (QED) is 0.767. The molecule has 25 heavy (non-hydrogen) atoms. The summed E-state index contributed by atoms with van der Waals surface area (Å²) in [4.78, 5) is 8.87. The molecule has 1 aliphatic carbocycles. The van der Waals surface area contributed by atoms with Crippen LogP contribution >= 0.6 is 0 Å². The molecule has 2 aromatic rings. The van der Waals surface area contributed by atoms with Gasteiger partial charge in [0.05, 0.1) is 0 Å². The maximum Gasteiger partial charge on any atom is 0.245 e. The second kappa shape index (κ2) is 7.12. The van der Waals surface area contributed by atoms with Gasteiger partial charge in [-0.1, -0.05) is 36.5 Å². The molecule has 7 heteroatoms. The average Bonchev–Trinajstić information content (AvgIpc) is 3.02. The normalized spacial score (nSPS) is 14.3. The molecule has 2 N–H and O–H groups in total. The standard InChI is InChI=1S/C18H20N6O/c1-11(2)5-8-13(4)19-15-16(20-14-9-6-12(3)7-10-14)22-18-17(21-15)23-25-24-18/h5-6,8-9H,1,4,7,10H2,2-3H3,(H,19,21,23)(H,20,22,24)/b8-5-. The molecule has 0 amide bonds. The number of aromatic nitrogens is 4. The van der Waals surface area contributed by atoms with Crippen LogP contribution in [0.25, 0.3) is 11.3 Å². The fourth-order valence-corrected chi connectivity index (χ4v) is 2.25. The molecule has 128 valence electrons. The Bertz CT molecular complexity index is 919. The third-order valence-electron chi connectivity index (χ3n) is 3.60. The van der Waals surface area contributed by atoms with Crippen LogP contribution in [0.5, 0.6) is 0 Å². The monoisotopic (exact) mass is 336 g/mol. The first-order valence-electron chi connectivity index (χ1n) is 7.94. The summed E-state index contributed by atoms with van der Waals surface area (Å²) in [7, 11) is 0. The molecule has 0 aromatic carbocycles. The van der Waals surface area contributed by atoms with Gasteiger partial charge in [-0.25, -0.2) is 14.6 Å². The topological polar surface area (TPSA) is 88.8 Å². The van der Waals surface area contributed by atoms with E-state index in [1.54, 1.807) is 0 Å². The Hall–Kier alpha value is -3.22. The third-order valence-corrected chi connectivity index (χ3v) is 3.60. The van der Waals surface area contributed by atoms with Crippen molar-refractivity contribution >= 4 is 22.9 Å². The summed E-state index contributed by atoms with van der Waals surface area (Å²) in [6.45, 7) is 11.8. The van der Waals surface area contributed by atoms with Crippen molar-refractivity contribution in [1.29, 1.82) is 0 Å².